The van der Waals surface area contributed by atoms with E-state index in [1.807, 2.05) is 0 Å². The Labute approximate surface area is 150 Å². The number of Topliss-reactive ketones (excluding diaryl/α,β-unsaturated/α-hetero) is 1. The van der Waals surface area contributed by atoms with Crippen molar-refractivity contribution in [3.05, 3.63) is 24.3 Å². The smallest absolute Gasteiger partial charge is 0.190 e. The van der Waals surface area contributed by atoms with Crippen LogP contribution in [0.5, 0.6) is 5.75 Å². The van der Waals surface area contributed by atoms with E-state index in [1.54, 1.807) is 23.9 Å². The molecule has 0 N–H and O–H groups in total. The van der Waals surface area contributed by atoms with E-state index in [2.05, 4.69) is 20.8 Å². The average Bonchev–Trinajstić information content (AvgIpc) is 2.50. The van der Waals surface area contributed by atoms with E-state index < -0.39 is 14.6 Å². The lowest BCUT2D eigenvalue weighted by molar-refractivity contribution is -0.120. The molecule has 0 fully saturated rings. The van der Waals surface area contributed by atoms with Gasteiger partial charge in [0.25, 0.3) is 0 Å². The molecule has 1 aromatic carbocycles. The highest BCUT2D eigenvalue weighted by molar-refractivity contribution is 8.00. The van der Waals surface area contributed by atoms with Crippen molar-refractivity contribution < 1.29 is 17.9 Å². The lowest BCUT2D eigenvalue weighted by atomic mass is 10.0. The van der Waals surface area contributed by atoms with Crippen LogP contribution in [0.3, 0.4) is 0 Å². The number of sulfone groups is 1. The molecule has 1 aromatic rings. The highest BCUT2D eigenvalue weighted by Crippen LogP contribution is 2.30. The Kier molecular flexibility index (Phi) is 6.94. The molecule has 0 aliphatic carbocycles. The Morgan fingerprint density at radius 2 is 1.62 bits per heavy atom. The van der Waals surface area contributed by atoms with Gasteiger partial charge in [0, 0.05) is 11.2 Å². The molecule has 0 aliphatic heterocycles. The van der Waals surface area contributed by atoms with Gasteiger partial charge in [-0.1, -0.05) is 20.8 Å². The van der Waals surface area contributed by atoms with Gasteiger partial charge in [-0.25, -0.2) is 8.42 Å². The SMILES string of the molecule is COc1ccc(S(=O)(=O)C(C)(C)C(=O)CCCSC(C)(C)C)cc1. The molecular weight excluding hydrogens is 344 g/mol. The second-order valence-corrected chi connectivity index (χ2v) is 11.6. The number of carbonyl (C=O) groups excluding carboxylic acids is 1. The molecule has 0 heterocycles. The number of methoxy groups -OCH3 is 1. The second kappa shape index (κ2) is 7.91. The van der Waals surface area contributed by atoms with Gasteiger partial charge in [0.05, 0.1) is 12.0 Å². The third-order valence-corrected chi connectivity index (χ3v) is 7.62. The van der Waals surface area contributed by atoms with Gasteiger partial charge < -0.3 is 4.74 Å². The van der Waals surface area contributed by atoms with Crippen LogP contribution in [0.1, 0.15) is 47.5 Å². The third-order valence-electron chi connectivity index (χ3n) is 3.80. The summed E-state index contributed by atoms with van der Waals surface area (Å²) < 4.78 is 29.4. The second-order valence-electron chi connectivity index (χ2n) is 7.18. The van der Waals surface area contributed by atoms with E-state index in [1.165, 1.54) is 33.1 Å². The highest BCUT2D eigenvalue weighted by Gasteiger charge is 2.41. The molecule has 0 amide bonds. The highest BCUT2D eigenvalue weighted by atomic mass is 32.2. The van der Waals surface area contributed by atoms with Crippen molar-refractivity contribution in [1.82, 2.24) is 0 Å². The summed E-state index contributed by atoms with van der Waals surface area (Å²) in [5.74, 6) is 1.18. The van der Waals surface area contributed by atoms with Crippen LogP contribution >= 0.6 is 11.8 Å². The molecule has 0 saturated heterocycles. The van der Waals surface area contributed by atoms with Crippen molar-refractivity contribution in [2.75, 3.05) is 12.9 Å². The molecule has 0 radical (unpaired) electrons. The van der Waals surface area contributed by atoms with Crippen LogP contribution in [0.25, 0.3) is 0 Å². The van der Waals surface area contributed by atoms with Crippen LogP contribution in [-0.2, 0) is 14.6 Å². The minimum atomic E-state index is -3.74. The summed E-state index contributed by atoms with van der Waals surface area (Å²) in [7, 11) is -2.22. The Bertz CT molecular complexity index is 653. The average molecular weight is 373 g/mol. The number of ether oxygens (including phenoxy) is 1. The molecule has 0 unspecified atom stereocenters. The Morgan fingerprint density at radius 1 is 1.08 bits per heavy atom. The summed E-state index contributed by atoms with van der Waals surface area (Å²) in [5, 5.41) is 0. The molecule has 0 bridgehead atoms. The fourth-order valence-corrected chi connectivity index (χ4v) is 4.50. The van der Waals surface area contributed by atoms with E-state index >= 15 is 0 Å². The molecule has 0 saturated carbocycles. The first-order valence-electron chi connectivity index (χ1n) is 7.98. The normalized spacial score (nSPS) is 12.9. The van der Waals surface area contributed by atoms with E-state index in [9.17, 15) is 13.2 Å². The summed E-state index contributed by atoms with van der Waals surface area (Å²) in [4.78, 5) is 12.7. The zero-order valence-electron chi connectivity index (χ0n) is 15.4. The number of benzene rings is 1. The fourth-order valence-electron chi connectivity index (χ4n) is 2.11. The van der Waals surface area contributed by atoms with Crippen molar-refractivity contribution in [3.63, 3.8) is 0 Å². The maximum atomic E-state index is 12.8. The van der Waals surface area contributed by atoms with E-state index in [-0.39, 0.29) is 21.8 Å². The van der Waals surface area contributed by atoms with Gasteiger partial charge in [-0.2, -0.15) is 11.8 Å². The largest absolute Gasteiger partial charge is 0.497 e. The fraction of sp³-hybridized carbons (Fsp3) is 0.611. The number of rotatable bonds is 8. The van der Waals surface area contributed by atoms with Gasteiger partial charge in [0.15, 0.2) is 15.6 Å². The van der Waals surface area contributed by atoms with Crippen molar-refractivity contribution >= 4 is 27.4 Å². The van der Waals surface area contributed by atoms with Gasteiger partial charge >= 0.3 is 0 Å². The predicted octanol–water partition coefficient (Wildman–Crippen LogP) is 4.13. The maximum absolute atomic E-state index is 12.8. The molecular formula is C18H28O4S2. The van der Waals surface area contributed by atoms with Crippen LogP contribution in [0.4, 0.5) is 0 Å². The van der Waals surface area contributed by atoms with E-state index in [0.717, 1.165) is 5.75 Å². The third kappa shape index (κ3) is 5.24. The van der Waals surface area contributed by atoms with Gasteiger partial charge in [0.2, 0.25) is 0 Å². The lowest BCUT2D eigenvalue weighted by Gasteiger charge is -2.24. The van der Waals surface area contributed by atoms with E-state index in [4.69, 9.17) is 4.74 Å². The number of hydrogen-bond donors (Lipinski definition) is 0. The molecule has 0 aromatic heterocycles. The topological polar surface area (TPSA) is 60.4 Å². The zero-order valence-corrected chi connectivity index (χ0v) is 17.0. The summed E-state index contributed by atoms with van der Waals surface area (Å²) in [6.07, 6.45) is 0.952. The number of ketones is 1. The van der Waals surface area contributed by atoms with Crippen molar-refractivity contribution in [1.29, 1.82) is 0 Å². The predicted molar refractivity (Wildman–Crippen MR) is 101 cm³/mol. The van der Waals surface area contributed by atoms with Gasteiger partial charge in [-0.3, -0.25) is 4.79 Å². The van der Waals surface area contributed by atoms with Gasteiger partial charge in [-0.05, 0) is 50.3 Å². The minimum absolute atomic E-state index is 0.144. The first-order chi connectivity index (χ1) is 10.9. The van der Waals surface area contributed by atoms with Crippen molar-refractivity contribution in [2.45, 2.75) is 61.8 Å². The minimum Gasteiger partial charge on any atom is -0.497 e. The molecule has 6 heteroatoms. The number of carbonyl (C=O) groups is 1. The number of hydrogen-bond acceptors (Lipinski definition) is 5. The lowest BCUT2D eigenvalue weighted by Crippen LogP contribution is -2.40. The van der Waals surface area contributed by atoms with Crippen LogP contribution in [0, 0.1) is 0 Å². The monoisotopic (exact) mass is 372 g/mol. The summed E-state index contributed by atoms with van der Waals surface area (Å²) in [6, 6.07) is 6.15. The Morgan fingerprint density at radius 3 is 2.08 bits per heavy atom. The maximum Gasteiger partial charge on any atom is 0.190 e. The molecule has 0 spiro atoms. The molecule has 0 aliphatic rings. The summed E-state index contributed by atoms with van der Waals surface area (Å²) >= 11 is 1.78. The Balaban J connectivity index is 2.82. The standard InChI is InChI=1S/C18H28O4S2/c1-17(2,3)23-13-7-8-16(19)18(4,5)24(20,21)15-11-9-14(22-6)10-12-15/h9-12H,7-8,13H2,1-6H3. The molecule has 0 atom stereocenters. The summed E-state index contributed by atoms with van der Waals surface area (Å²) in [5.41, 5.74) is 0. The molecule has 136 valence electrons. The molecule has 1 rings (SSSR count). The Hall–Kier alpha value is -1.01. The van der Waals surface area contributed by atoms with Crippen molar-refractivity contribution in [2.24, 2.45) is 0 Å². The number of thioether (sulfide) groups is 1. The molecule has 24 heavy (non-hydrogen) atoms. The van der Waals surface area contributed by atoms with Crippen LogP contribution in [-0.4, -0.2) is 36.6 Å². The quantitative estimate of drug-likeness (QED) is 0.642. The van der Waals surface area contributed by atoms with Crippen LogP contribution in [0.15, 0.2) is 29.2 Å². The van der Waals surface area contributed by atoms with Gasteiger partial charge in [0.1, 0.15) is 10.5 Å². The first-order valence-corrected chi connectivity index (χ1v) is 10.4. The van der Waals surface area contributed by atoms with Crippen molar-refractivity contribution in [3.8, 4) is 5.75 Å². The van der Waals surface area contributed by atoms with Crippen LogP contribution < -0.4 is 4.74 Å². The van der Waals surface area contributed by atoms with Gasteiger partial charge in [-0.15, -0.1) is 0 Å². The zero-order chi connectivity index (χ0) is 18.6. The first kappa shape index (κ1) is 21.0. The van der Waals surface area contributed by atoms with Crippen LogP contribution in [0.2, 0.25) is 0 Å². The van der Waals surface area contributed by atoms with E-state index in [0.29, 0.717) is 12.2 Å². The molecule has 4 nitrogen and oxygen atoms in total. The summed E-state index contributed by atoms with van der Waals surface area (Å²) in [6.45, 7) is 9.35.